The summed E-state index contributed by atoms with van der Waals surface area (Å²) in [4.78, 5) is 33.0. The highest BCUT2D eigenvalue weighted by atomic mass is 16.5. The summed E-state index contributed by atoms with van der Waals surface area (Å²) in [5, 5.41) is 0. The molecule has 0 amide bonds. The molecule has 6 aromatic carbocycles. The average Bonchev–Trinajstić information content (AvgIpc) is 3.21. The molecule has 0 aromatic heterocycles. The van der Waals surface area contributed by atoms with Crippen molar-refractivity contribution in [2.24, 2.45) is 0 Å². The number of carbonyl (C=O) groups is 3. The van der Waals surface area contributed by atoms with Crippen LogP contribution in [0.5, 0.6) is 34.5 Å². The van der Waals surface area contributed by atoms with Gasteiger partial charge in [-0.15, -0.1) is 0 Å². The number of methoxy groups -OCH3 is 3. The summed E-state index contributed by atoms with van der Waals surface area (Å²) in [6.45, 7) is 16.1. The Hall–Kier alpha value is -6.87. The zero-order valence-electron chi connectivity index (χ0n) is 38.0. The third-order valence-electron chi connectivity index (χ3n) is 9.88. The topological polar surface area (TPSA) is 107 Å². The molecule has 0 N–H and O–H groups in total. The Labute approximate surface area is 366 Å². The van der Waals surface area contributed by atoms with Crippen LogP contribution in [0.3, 0.4) is 0 Å². The van der Waals surface area contributed by atoms with E-state index in [9.17, 15) is 14.4 Å². The minimum Gasteiger partial charge on any atom is -0.496 e. The normalized spacial score (nSPS) is 10.3. The summed E-state index contributed by atoms with van der Waals surface area (Å²) in [7, 11) is 5.03. The lowest BCUT2D eigenvalue weighted by atomic mass is 10.0. The Morgan fingerprint density at radius 2 is 0.565 bits per heavy atom. The zero-order valence-corrected chi connectivity index (χ0v) is 38.0. The van der Waals surface area contributed by atoms with E-state index in [1.54, 1.807) is 21.3 Å². The van der Waals surface area contributed by atoms with E-state index in [-0.39, 0.29) is 17.9 Å². The predicted octanol–water partition coefficient (Wildman–Crippen LogP) is 11.6. The molecule has 0 bridgehead atoms. The first kappa shape index (κ1) is 47.8. The van der Waals surface area contributed by atoms with E-state index < -0.39 is 0 Å². The summed E-state index contributed by atoms with van der Waals surface area (Å²) in [6, 6.07) is 36.0. The van der Waals surface area contributed by atoms with Crippen LogP contribution in [0.1, 0.15) is 76.4 Å². The van der Waals surface area contributed by atoms with Crippen LogP contribution >= 0.6 is 0 Å². The summed E-state index contributed by atoms with van der Waals surface area (Å²) in [5.41, 5.74) is 13.2. The van der Waals surface area contributed by atoms with Crippen molar-refractivity contribution in [2.45, 2.75) is 75.2 Å². The fourth-order valence-corrected chi connectivity index (χ4v) is 6.91. The first-order valence-corrected chi connectivity index (χ1v) is 20.3. The molecule has 0 aliphatic carbocycles. The molecule has 9 nitrogen and oxygen atoms in total. The van der Waals surface area contributed by atoms with Crippen LogP contribution in [0.15, 0.2) is 109 Å². The van der Waals surface area contributed by atoms with Crippen molar-refractivity contribution in [3.63, 3.8) is 0 Å². The lowest BCUT2D eigenvalue weighted by molar-refractivity contribution is -0.132. The molecule has 0 aliphatic rings. The molecule has 62 heavy (non-hydrogen) atoms. The van der Waals surface area contributed by atoms with Crippen LogP contribution in [-0.2, 0) is 27.2 Å². The summed E-state index contributed by atoms with van der Waals surface area (Å²) >= 11 is 0. The molecule has 6 aromatic rings. The number of hydrogen-bond acceptors (Lipinski definition) is 9. The van der Waals surface area contributed by atoms with Gasteiger partial charge in [0.25, 0.3) is 0 Å². The minimum atomic E-state index is -0.304. The number of rotatable bonds is 11. The van der Waals surface area contributed by atoms with E-state index in [1.165, 1.54) is 43.0 Å². The maximum Gasteiger partial charge on any atom is 0.308 e. The molecule has 0 saturated carbocycles. The quantitative estimate of drug-likeness (QED) is 0.0931. The SMILES string of the molecule is COc1ccc(-c2ccc(OC(C)=O)c(C)c2)cc1C.COc1ccc(Cc2ccc(OC(C)=O)c(C)c2)cc1C.COc1ccc(Cc2ccc(OC(C)=O)c(C)c2)cc1C. The second-order valence-electron chi connectivity index (χ2n) is 15.1. The van der Waals surface area contributed by atoms with E-state index >= 15 is 0 Å². The lowest BCUT2D eigenvalue weighted by Gasteiger charge is -2.10. The fraction of sp³-hybridized carbons (Fsp3) is 0.264. The van der Waals surface area contributed by atoms with Gasteiger partial charge in [-0.05, 0) is 170 Å². The van der Waals surface area contributed by atoms with Gasteiger partial charge >= 0.3 is 17.9 Å². The van der Waals surface area contributed by atoms with E-state index in [1.807, 2.05) is 108 Å². The van der Waals surface area contributed by atoms with Crippen molar-refractivity contribution in [2.75, 3.05) is 21.3 Å². The van der Waals surface area contributed by atoms with Crippen LogP contribution in [0.4, 0.5) is 0 Å². The standard InChI is InChI=1S/2C18H20O3.C17H18O3/c2*1-12-9-15(5-7-17(12)20-4)11-16-6-8-18(13(2)10-16)21-14(3)19;1-11-9-14(5-7-16(11)19-4)15-6-8-17(12(2)10-15)20-13(3)18/h2*5-10H,11H2,1-4H3;5-10H,1-4H3. The second-order valence-corrected chi connectivity index (χ2v) is 15.1. The number of benzene rings is 6. The molecule has 0 unspecified atom stereocenters. The molecule has 0 aliphatic heterocycles. The van der Waals surface area contributed by atoms with Crippen LogP contribution in [0, 0.1) is 41.5 Å². The van der Waals surface area contributed by atoms with Crippen LogP contribution in [-0.4, -0.2) is 39.2 Å². The zero-order chi connectivity index (χ0) is 45.5. The number of hydrogen-bond donors (Lipinski definition) is 0. The fourth-order valence-electron chi connectivity index (χ4n) is 6.91. The average molecular weight is 839 g/mol. The Morgan fingerprint density at radius 3 is 0.790 bits per heavy atom. The van der Waals surface area contributed by atoms with Crippen molar-refractivity contribution in [1.29, 1.82) is 0 Å². The van der Waals surface area contributed by atoms with Crippen molar-refractivity contribution in [3.05, 3.63) is 165 Å². The van der Waals surface area contributed by atoms with E-state index in [4.69, 9.17) is 28.4 Å². The first-order valence-electron chi connectivity index (χ1n) is 20.3. The van der Waals surface area contributed by atoms with Gasteiger partial charge in [-0.1, -0.05) is 60.7 Å². The van der Waals surface area contributed by atoms with Crippen LogP contribution in [0.2, 0.25) is 0 Å². The molecule has 0 atom stereocenters. The highest BCUT2D eigenvalue weighted by Gasteiger charge is 2.10. The van der Waals surface area contributed by atoms with Crippen LogP contribution in [0.25, 0.3) is 11.1 Å². The predicted molar refractivity (Wildman–Crippen MR) is 245 cm³/mol. The lowest BCUT2D eigenvalue weighted by Crippen LogP contribution is -2.03. The van der Waals surface area contributed by atoms with Crippen molar-refractivity contribution < 1.29 is 42.8 Å². The Bertz CT molecular complexity index is 2400. The van der Waals surface area contributed by atoms with Gasteiger partial charge in [0.2, 0.25) is 0 Å². The molecule has 0 saturated heterocycles. The molecule has 0 radical (unpaired) electrons. The Morgan fingerprint density at radius 1 is 0.339 bits per heavy atom. The molecule has 0 fully saturated rings. The van der Waals surface area contributed by atoms with E-state index in [0.29, 0.717) is 17.2 Å². The van der Waals surface area contributed by atoms with Gasteiger partial charge in [-0.2, -0.15) is 0 Å². The van der Waals surface area contributed by atoms with Crippen LogP contribution < -0.4 is 28.4 Å². The molecule has 324 valence electrons. The Kier molecular flexibility index (Phi) is 17.5. The molecule has 9 heteroatoms. The second kappa shape index (κ2) is 22.7. The Balaban J connectivity index is 0.000000205. The highest BCUT2D eigenvalue weighted by molar-refractivity contribution is 5.72. The van der Waals surface area contributed by atoms with E-state index in [2.05, 4.69) is 42.5 Å². The van der Waals surface area contributed by atoms with Gasteiger partial charge < -0.3 is 28.4 Å². The number of carbonyl (C=O) groups excluding carboxylic acids is 3. The third-order valence-corrected chi connectivity index (χ3v) is 9.88. The summed E-state index contributed by atoms with van der Waals surface area (Å²) in [5.74, 6) is 3.64. The first-order chi connectivity index (χ1) is 29.5. The molecule has 0 heterocycles. The maximum absolute atomic E-state index is 11.0. The number of esters is 3. The van der Waals surface area contributed by atoms with Gasteiger partial charge in [0.1, 0.15) is 34.5 Å². The van der Waals surface area contributed by atoms with Crippen molar-refractivity contribution >= 4 is 17.9 Å². The van der Waals surface area contributed by atoms with Crippen molar-refractivity contribution in [1.82, 2.24) is 0 Å². The monoisotopic (exact) mass is 838 g/mol. The molecule has 6 rings (SSSR count). The van der Waals surface area contributed by atoms with Gasteiger partial charge in [0.15, 0.2) is 0 Å². The summed E-state index contributed by atoms with van der Waals surface area (Å²) in [6.07, 6.45) is 1.68. The van der Waals surface area contributed by atoms with Gasteiger partial charge in [0.05, 0.1) is 21.3 Å². The van der Waals surface area contributed by atoms with Gasteiger partial charge in [-0.25, -0.2) is 0 Å². The molecular formula is C53H58O9. The minimum absolute atomic E-state index is 0.295. The third kappa shape index (κ3) is 14.1. The van der Waals surface area contributed by atoms with E-state index in [0.717, 1.165) is 74.6 Å². The molecule has 0 spiro atoms. The number of aryl methyl sites for hydroxylation is 6. The summed E-state index contributed by atoms with van der Waals surface area (Å²) < 4.78 is 31.2. The van der Waals surface area contributed by atoms with Crippen molar-refractivity contribution in [3.8, 4) is 45.6 Å². The maximum atomic E-state index is 11.0. The van der Waals surface area contributed by atoms with Gasteiger partial charge in [0, 0.05) is 20.8 Å². The largest absolute Gasteiger partial charge is 0.496 e. The highest BCUT2D eigenvalue weighted by Crippen LogP contribution is 2.30. The molecular weight excluding hydrogens is 781 g/mol. The van der Waals surface area contributed by atoms with Gasteiger partial charge in [-0.3, -0.25) is 14.4 Å². The smallest absolute Gasteiger partial charge is 0.308 e. The number of ether oxygens (including phenoxy) is 6.